The van der Waals surface area contributed by atoms with Gasteiger partial charge in [0.2, 0.25) is 0 Å². The van der Waals surface area contributed by atoms with Crippen molar-refractivity contribution in [3.05, 3.63) is 29.8 Å². The van der Waals surface area contributed by atoms with Crippen molar-refractivity contribution in [1.82, 2.24) is 0 Å². The molecule has 0 N–H and O–H groups in total. The molecule has 0 amide bonds. The van der Waals surface area contributed by atoms with Crippen LogP contribution in [0.15, 0.2) is 24.3 Å². The SMILES string of the molecule is CCCCCCC[C@H]1CC[C@H](CCCOc2ccc(C3(CCCCC)OCCCO3)cc2)CC1. The molecule has 0 radical (unpaired) electrons. The monoisotopic (exact) mass is 472 g/mol. The van der Waals surface area contributed by atoms with E-state index in [9.17, 15) is 0 Å². The lowest BCUT2D eigenvalue weighted by Gasteiger charge is -2.38. The Hall–Kier alpha value is -1.06. The minimum atomic E-state index is -0.555. The molecule has 1 heterocycles. The van der Waals surface area contributed by atoms with Crippen LogP contribution in [0.2, 0.25) is 0 Å². The summed E-state index contributed by atoms with van der Waals surface area (Å²) in [5.41, 5.74) is 1.14. The highest BCUT2D eigenvalue weighted by atomic mass is 16.7. The van der Waals surface area contributed by atoms with Gasteiger partial charge in [-0.2, -0.15) is 0 Å². The maximum Gasteiger partial charge on any atom is 0.194 e. The highest BCUT2D eigenvalue weighted by molar-refractivity contribution is 5.30. The van der Waals surface area contributed by atoms with E-state index < -0.39 is 5.79 Å². The largest absolute Gasteiger partial charge is 0.494 e. The molecule has 2 fully saturated rings. The summed E-state index contributed by atoms with van der Waals surface area (Å²) in [5.74, 6) is 2.34. The number of rotatable bonds is 16. The minimum absolute atomic E-state index is 0.555. The molecule has 1 aliphatic carbocycles. The number of benzene rings is 1. The summed E-state index contributed by atoms with van der Waals surface area (Å²) in [6.07, 6.45) is 22.4. The van der Waals surface area contributed by atoms with E-state index in [1.807, 2.05) is 0 Å². The summed E-state index contributed by atoms with van der Waals surface area (Å²) >= 11 is 0. The van der Waals surface area contributed by atoms with Crippen molar-refractivity contribution in [2.75, 3.05) is 19.8 Å². The Labute approximate surface area is 210 Å². The first-order chi connectivity index (χ1) is 16.8. The van der Waals surface area contributed by atoms with E-state index >= 15 is 0 Å². The van der Waals surface area contributed by atoms with Gasteiger partial charge in [-0.05, 0) is 61.8 Å². The highest BCUT2D eigenvalue weighted by Crippen LogP contribution is 2.37. The van der Waals surface area contributed by atoms with Gasteiger partial charge in [-0.25, -0.2) is 0 Å². The second kappa shape index (κ2) is 15.8. The molecule has 0 bridgehead atoms. The molecule has 1 saturated heterocycles. The Morgan fingerprint density at radius 1 is 0.735 bits per heavy atom. The molecule has 3 nitrogen and oxygen atoms in total. The van der Waals surface area contributed by atoms with E-state index in [2.05, 4.69) is 38.1 Å². The van der Waals surface area contributed by atoms with Crippen LogP contribution in [0, 0.1) is 11.8 Å². The average Bonchev–Trinajstić information content (AvgIpc) is 2.88. The Morgan fingerprint density at radius 3 is 1.97 bits per heavy atom. The lowest BCUT2D eigenvalue weighted by atomic mass is 9.78. The van der Waals surface area contributed by atoms with Crippen molar-refractivity contribution in [3.8, 4) is 5.75 Å². The molecule has 34 heavy (non-hydrogen) atoms. The Kier molecular flexibility index (Phi) is 12.8. The molecule has 1 aromatic carbocycles. The molecule has 1 saturated carbocycles. The van der Waals surface area contributed by atoms with Crippen molar-refractivity contribution < 1.29 is 14.2 Å². The van der Waals surface area contributed by atoms with Gasteiger partial charge >= 0.3 is 0 Å². The molecule has 3 heteroatoms. The quantitative estimate of drug-likeness (QED) is 0.224. The number of ether oxygens (including phenoxy) is 3. The van der Waals surface area contributed by atoms with Crippen LogP contribution in [0.25, 0.3) is 0 Å². The molecule has 194 valence electrons. The predicted molar refractivity (Wildman–Crippen MR) is 142 cm³/mol. The van der Waals surface area contributed by atoms with Crippen LogP contribution in [0.4, 0.5) is 0 Å². The Bertz CT molecular complexity index is 627. The lowest BCUT2D eigenvalue weighted by molar-refractivity contribution is -0.280. The van der Waals surface area contributed by atoms with Gasteiger partial charge in [0.1, 0.15) is 5.75 Å². The molecule has 0 atom stereocenters. The normalized spacial score (nSPS) is 22.5. The molecule has 0 aromatic heterocycles. The predicted octanol–water partition coefficient (Wildman–Crippen LogP) is 9.18. The molecule has 1 aliphatic heterocycles. The average molecular weight is 473 g/mol. The maximum atomic E-state index is 6.19. The first-order valence-corrected chi connectivity index (χ1v) is 14.8. The first-order valence-electron chi connectivity index (χ1n) is 14.8. The first kappa shape index (κ1) is 27.5. The van der Waals surface area contributed by atoms with Gasteiger partial charge in [0, 0.05) is 12.0 Å². The van der Waals surface area contributed by atoms with E-state index in [-0.39, 0.29) is 0 Å². The molecule has 1 aromatic rings. The van der Waals surface area contributed by atoms with Crippen LogP contribution in [0.3, 0.4) is 0 Å². The molecular formula is C31H52O3. The third-order valence-electron chi connectivity index (χ3n) is 8.07. The lowest BCUT2D eigenvalue weighted by Crippen LogP contribution is -2.38. The van der Waals surface area contributed by atoms with E-state index in [4.69, 9.17) is 14.2 Å². The standard InChI is InChI=1S/C31H52O3/c1-3-5-7-8-9-13-27-15-17-28(18-16-27)14-11-24-32-30-21-19-29(20-22-30)31(23-10-6-4-2)33-25-12-26-34-31/h19-22,27-28H,3-18,23-26H2,1-2H3/t27-,28-. The zero-order valence-electron chi connectivity index (χ0n) is 22.3. The molecule has 0 unspecified atom stereocenters. The van der Waals surface area contributed by atoms with Crippen molar-refractivity contribution >= 4 is 0 Å². The fourth-order valence-electron chi connectivity index (χ4n) is 5.85. The van der Waals surface area contributed by atoms with Crippen molar-refractivity contribution in [1.29, 1.82) is 0 Å². The topological polar surface area (TPSA) is 27.7 Å². The summed E-state index contributed by atoms with van der Waals surface area (Å²) in [7, 11) is 0. The maximum absolute atomic E-state index is 6.19. The highest BCUT2D eigenvalue weighted by Gasteiger charge is 2.36. The van der Waals surface area contributed by atoms with Crippen molar-refractivity contribution in [2.24, 2.45) is 11.8 Å². The van der Waals surface area contributed by atoms with Crippen LogP contribution in [-0.4, -0.2) is 19.8 Å². The third kappa shape index (κ3) is 9.19. The summed E-state index contributed by atoms with van der Waals surface area (Å²) < 4.78 is 18.5. The third-order valence-corrected chi connectivity index (χ3v) is 8.07. The van der Waals surface area contributed by atoms with Crippen molar-refractivity contribution in [3.63, 3.8) is 0 Å². The van der Waals surface area contributed by atoms with E-state index in [1.54, 1.807) is 0 Å². The summed E-state index contributed by atoms with van der Waals surface area (Å²) in [6, 6.07) is 8.50. The number of hydrogen-bond donors (Lipinski definition) is 0. The van der Waals surface area contributed by atoms with Crippen LogP contribution in [0.1, 0.15) is 129 Å². The zero-order valence-corrected chi connectivity index (χ0v) is 22.3. The van der Waals surface area contributed by atoms with Crippen molar-refractivity contribution in [2.45, 2.75) is 129 Å². The van der Waals surface area contributed by atoms with Crippen LogP contribution < -0.4 is 4.74 Å². The zero-order chi connectivity index (χ0) is 23.9. The minimum Gasteiger partial charge on any atom is -0.494 e. The molecule has 0 spiro atoms. The Balaban J connectivity index is 1.32. The van der Waals surface area contributed by atoms with Crippen LogP contribution in [-0.2, 0) is 15.3 Å². The fourth-order valence-corrected chi connectivity index (χ4v) is 5.85. The van der Waals surface area contributed by atoms with E-state index in [0.29, 0.717) is 0 Å². The molecule has 2 aliphatic rings. The van der Waals surface area contributed by atoms with Gasteiger partial charge in [-0.1, -0.05) is 90.9 Å². The van der Waals surface area contributed by atoms with E-state index in [1.165, 1.54) is 89.9 Å². The van der Waals surface area contributed by atoms with Gasteiger partial charge < -0.3 is 14.2 Å². The Morgan fingerprint density at radius 2 is 1.32 bits per heavy atom. The molecular weight excluding hydrogens is 420 g/mol. The summed E-state index contributed by atoms with van der Waals surface area (Å²) in [5, 5.41) is 0. The van der Waals surface area contributed by atoms with Crippen LogP contribution in [0.5, 0.6) is 5.75 Å². The van der Waals surface area contributed by atoms with Gasteiger partial charge in [-0.3, -0.25) is 0 Å². The smallest absolute Gasteiger partial charge is 0.194 e. The second-order valence-electron chi connectivity index (χ2n) is 10.9. The number of hydrogen-bond acceptors (Lipinski definition) is 3. The summed E-state index contributed by atoms with van der Waals surface area (Å²) in [6.45, 7) is 6.93. The molecule has 3 rings (SSSR count). The van der Waals surface area contributed by atoms with Crippen LogP contribution >= 0.6 is 0 Å². The summed E-state index contributed by atoms with van der Waals surface area (Å²) in [4.78, 5) is 0. The van der Waals surface area contributed by atoms with Gasteiger partial charge in [0.15, 0.2) is 5.79 Å². The van der Waals surface area contributed by atoms with Gasteiger partial charge in [0.05, 0.1) is 19.8 Å². The van der Waals surface area contributed by atoms with Gasteiger partial charge in [0.25, 0.3) is 0 Å². The van der Waals surface area contributed by atoms with E-state index in [0.717, 1.165) is 62.2 Å². The second-order valence-corrected chi connectivity index (χ2v) is 10.9. The fraction of sp³-hybridized carbons (Fsp3) is 0.806. The van der Waals surface area contributed by atoms with Gasteiger partial charge in [-0.15, -0.1) is 0 Å². The number of unbranched alkanes of at least 4 members (excludes halogenated alkanes) is 6.